The van der Waals surface area contributed by atoms with Gasteiger partial charge in [0, 0.05) is 23.7 Å². The fraction of sp³-hybridized carbons (Fsp3) is 0.562. The van der Waals surface area contributed by atoms with Gasteiger partial charge in [-0.15, -0.1) is 0 Å². The molecular weight excluding hydrogens is 286 g/mol. The van der Waals surface area contributed by atoms with Gasteiger partial charge in [-0.05, 0) is 51.8 Å². The largest absolute Gasteiger partial charge is 0.497 e. The van der Waals surface area contributed by atoms with Crippen molar-refractivity contribution >= 4 is 17.6 Å². The number of benzene rings is 1. The molecular formula is C16H26ClN3O. The third kappa shape index (κ3) is 6.71. The molecule has 0 unspecified atom stereocenters. The van der Waals surface area contributed by atoms with Gasteiger partial charge >= 0.3 is 0 Å². The molecule has 0 spiro atoms. The van der Waals surface area contributed by atoms with Crippen LogP contribution in [0.1, 0.15) is 33.3 Å². The predicted octanol–water partition coefficient (Wildman–Crippen LogP) is 3.24. The Balaban J connectivity index is 2.65. The molecule has 0 heterocycles. The van der Waals surface area contributed by atoms with Crippen molar-refractivity contribution in [2.45, 2.75) is 39.7 Å². The van der Waals surface area contributed by atoms with Crippen LogP contribution in [-0.2, 0) is 6.42 Å². The number of hydrogen-bond donors (Lipinski definition) is 2. The van der Waals surface area contributed by atoms with Crippen LogP contribution in [0.5, 0.6) is 5.75 Å². The van der Waals surface area contributed by atoms with E-state index in [1.54, 1.807) is 7.11 Å². The molecule has 0 aromatic heterocycles. The molecule has 1 aromatic carbocycles. The van der Waals surface area contributed by atoms with E-state index in [0.717, 1.165) is 35.3 Å². The number of guanidine groups is 1. The van der Waals surface area contributed by atoms with E-state index in [9.17, 15) is 0 Å². The Morgan fingerprint density at radius 3 is 2.57 bits per heavy atom. The Morgan fingerprint density at radius 2 is 2.05 bits per heavy atom. The van der Waals surface area contributed by atoms with Crippen LogP contribution in [0.4, 0.5) is 0 Å². The minimum absolute atomic E-state index is 0.0151. The molecule has 0 aliphatic rings. The summed E-state index contributed by atoms with van der Waals surface area (Å²) in [6.07, 6.45) is 0.795. The Hall–Kier alpha value is -1.42. The number of aliphatic imine (C=N–C) groups is 1. The zero-order valence-corrected chi connectivity index (χ0v) is 14.3. The molecule has 0 saturated carbocycles. The van der Waals surface area contributed by atoms with E-state index in [-0.39, 0.29) is 5.54 Å². The first-order valence-corrected chi connectivity index (χ1v) is 7.62. The smallest absolute Gasteiger partial charge is 0.191 e. The van der Waals surface area contributed by atoms with Gasteiger partial charge in [0.2, 0.25) is 0 Å². The molecule has 1 rings (SSSR count). The molecule has 0 aliphatic heterocycles. The summed E-state index contributed by atoms with van der Waals surface area (Å²) in [6.45, 7) is 9.91. The summed E-state index contributed by atoms with van der Waals surface area (Å²) in [5, 5.41) is 7.33. The Morgan fingerprint density at radius 1 is 1.33 bits per heavy atom. The predicted molar refractivity (Wildman–Crippen MR) is 90.6 cm³/mol. The van der Waals surface area contributed by atoms with E-state index in [1.807, 2.05) is 18.2 Å². The molecule has 0 bridgehead atoms. The molecule has 0 amide bonds. The van der Waals surface area contributed by atoms with Crippen molar-refractivity contribution < 1.29 is 4.74 Å². The summed E-state index contributed by atoms with van der Waals surface area (Å²) in [5.74, 6) is 1.60. The highest BCUT2D eigenvalue weighted by Gasteiger charge is 2.11. The van der Waals surface area contributed by atoms with E-state index in [0.29, 0.717) is 6.54 Å². The van der Waals surface area contributed by atoms with Gasteiger partial charge in [0.1, 0.15) is 5.75 Å². The summed E-state index contributed by atoms with van der Waals surface area (Å²) >= 11 is 6.23. The van der Waals surface area contributed by atoms with Gasteiger partial charge in [-0.1, -0.05) is 17.7 Å². The summed E-state index contributed by atoms with van der Waals surface area (Å²) in [6, 6.07) is 5.74. The number of hydrogen-bond acceptors (Lipinski definition) is 2. The van der Waals surface area contributed by atoms with Crippen molar-refractivity contribution in [1.82, 2.24) is 10.6 Å². The topological polar surface area (TPSA) is 45.7 Å². The highest BCUT2D eigenvalue weighted by atomic mass is 35.5. The quantitative estimate of drug-likeness (QED) is 0.648. The van der Waals surface area contributed by atoms with E-state index < -0.39 is 0 Å². The van der Waals surface area contributed by atoms with Crippen molar-refractivity contribution in [3.63, 3.8) is 0 Å². The lowest BCUT2D eigenvalue weighted by Crippen LogP contribution is -2.47. The fourth-order valence-electron chi connectivity index (χ4n) is 1.81. The average Bonchev–Trinajstić information content (AvgIpc) is 2.39. The first-order chi connectivity index (χ1) is 9.85. The van der Waals surface area contributed by atoms with Crippen molar-refractivity contribution in [2.75, 3.05) is 20.2 Å². The number of halogens is 1. The minimum Gasteiger partial charge on any atom is -0.497 e. The van der Waals surface area contributed by atoms with Crippen LogP contribution in [0.3, 0.4) is 0 Å². The van der Waals surface area contributed by atoms with Gasteiger partial charge < -0.3 is 15.4 Å². The molecule has 2 N–H and O–H groups in total. The van der Waals surface area contributed by atoms with Crippen LogP contribution in [0.25, 0.3) is 0 Å². The van der Waals surface area contributed by atoms with Crippen molar-refractivity contribution in [2.24, 2.45) is 4.99 Å². The van der Waals surface area contributed by atoms with E-state index in [4.69, 9.17) is 16.3 Å². The van der Waals surface area contributed by atoms with E-state index in [1.165, 1.54) is 0 Å². The van der Waals surface area contributed by atoms with Crippen molar-refractivity contribution in [1.29, 1.82) is 0 Å². The second-order valence-corrected chi connectivity index (χ2v) is 6.25. The molecule has 0 atom stereocenters. The van der Waals surface area contributed by atoms with Crippen molar-refractivity contribution in [3.8, 4) is 5.75 Å². The number of methoxy groups -OCH3 is 1. The van der Waals surface area contributed by atoms with Crippen LogP contribution in [-0.4, -0.2) is 31.7 Å². The molecule has 21 heavy (non-hydrogen) atoms. The SMILES string of the molecule is CCNC(=NCCc1ccc(OC)cc1Cl)NC(C)(C)C. The molecule has 118 valence electrons. The lowest BCUT2D eigenvalue weighted by atomic mass is 10.1. The summed E-state index contributed by atoms with van der Waals surface area (Å²) in [4.78, 5) is 4.58. The maximum Gasteiger partial charge on any atom is 0.191 e. The number of rotatable bonds is 5. The zero-order chi connectivity index (χ0) is 15.9. The summed E-state index contributed by atoms with van der Waals surface area (Å²) < 4.78 is 5.15. The third-order valence-electron chi connectivity index (χ3n) is 2.75. The fourth-order valence-corrected chi connectivity index (χ4v) is 2.07. The number of nitrogens with zero attached hydrogens (tertiary/aromatic N) is 1. The van der Waals surface area contributed by atoms with E-state index in [2.05, 4.69) is 43.3 Å². The number of nitrogens with one attached hydrogen (secondary N) is 2. The molecule has 0 fully saturated rings. The van der Waals surface area contributed by atoms with Crippen molar-refractivity contribution in [3.05, 3.63) is 28.8 Å². The van der Waals surface area contributed by atoms with Gasteiger partial charge in [-0.3, -0.25) is 4.99 Å². The van der Waals surface area contributed by atoms with Crippen LogP contribution >= 0.6 is 11.6 Å². The van der Waals surface area contributed by atoms with Crippen LogP contribution < -0.4 is 15.4 Å². The second-order valence-electron chi connectivity index (χ2n) is 5.84. The average molecular weight is 312 g/mol. The normalized spacial score (nSPS) is 12.2. The third-order valence-corrected chi connectivity index (χ3v) is 3.10. The molecule has 4 nitrogen and oxygen atoms in total. The van der Waals surface area contributed by atoms with Gasteiger partial charge in [0.25, 0.3) is 0 Å². The molecule has 0 aliphatic carbocycles. The molecule has 0 radical (unpaired) electrons. The lowest BCUT2D eigenvalue weighted by molar-refractivity contribution is 0.414. The maximum atomic E-state index is 6.23. The lowest BCUT2D eigenvalue weighted by Gasteiger charge is -2.23. The monoisotopic (exact) mass is 311 g/mol. The Bertz CT molecular complexity index is 481. The first-order valence-electron chi connectivity index (χ1n) is 7.24. The Labute approximate surface area is 132 Å². The summed E-state index contributed by atoms with van der Waals surface area (Å²) in [7, 11) is 1.64. The van der Waals surface area contributed by atoms with Gasteiger partial charge in [-0.2, -0.15) is 0 Å². The minimum atomic E-state index is -0.0151. The standard InChI is InChI=1S/C16H26ClN3O/c1-6-18-15(20-16(2,3)4)19-10-9-12-7-8-13(21-5)11-14(12)17/h7-8,11H,6,9-10H2,1-5H3,(H2,18,19,20). The molecule has 5 heteroatoms. The van der Waals surface area contributed by atoms with E-state index >= 15 is 0 Å². The maximum absolute atomic E-state index is 6.23. The highest BCUT2D eigenvalue weighted by molar-refractivity contribution is 6.31. The first kappa shape index (κ1) is 17.6. The number of ether oxygens (including phenoxy) is 1. The Kier molecular flexibility index (Phi) is 6.82. The summed E-state index contributed by atoms with van der Waals surface area (Å²) in [5.41, 5.74) is 1.06. The van der Waals surface area contributed by atoms with Gasteiger partial charge in [0.05, 0.1) is 7.11 Å². The molecule has 1 aromatic rings. The van der Waals surface area contributed by atoms with Gasteiger partial charge in [-0.25, -0.2) is 0 Å². The van der Waals surface area contributed by atoms with Crippen LogP contribution in [0, 0.1) is 0 Å². The second kappa shape index (κ2) is 8.13. The van der Waals surface area contributed by atoms with Gasteiger partial charge in [0.15, 0.2) is 5.96 Å². The highest BCUT2D eigenvalue weighted by Crippen LogP contribution is 2.22. The van der Waals surface area contributed by atoms with Crippen LogP contribution in [0.15, 0.2) is 23.2 Å². The van der Waals surface area contributed by atoms with Crippen LogP contribution in [0.2, 0.25) is 5.02 Å². The zero-order valence-electron chi connectivity index (χ0n) is 13.6. The molecule has 0 saturated heterocycles.